The van der Waals surface area contributed by atoms with Gasteiger partial charge in [-0.25, -0.2) is 15.0 Å². The van der Waals surface area contributed by atoms with Crippen LogP contribution in [0.5, 0.6) is 0 Å². The van der Waals surface area contributed by atoms with Crippen molar-refractivity contribution in [2.75, 3.05) is 17.7 Å². The van der Waals surface area contributed by atoms with Gasteiger partial charge in [0.15, 0.2) is 5.82 Å². The number of carbonyl (C=O) groups excluding carboxylic acids is 1. The molecule has 0 spiro atoms. The van der Waals surface area contributed by atoms with E-state index in [0.29, 0.717) is 17.5 Å². The summed E-state index contributed by atoms with van der Waals surface area (Å²) in [6.07, 6.45) is 1.88. The maximum Gasteiger partial charge on any atom is 0.429 e. The number of ether oxygens (including phenoxy) is 1. The molecule has 0 saturated carbocycles. The van der Waals surface area contributed by atoms with Gasteiger partial charge in [-0.3, -0.25) is 9.78 Å². The van der Waals surface area contributed by atoms with Crippen LogP contribution < -0.4 is 10.6 Å². The number of halogens is 3. The largest absolute Gasteiger partial charge is 0.497 e. The minimum Gasteiger partial charge on any atom is -0.497 e. The van der Waals surface area contributed by atoms with Crippen molar-refractivity contribution in [3.05, 3.63) is 72.3 Å². The molecule has 3 rings (SSSR count). The zero-order valence-corrected chi connectivity index (χ0v) is 19.3. The molecule has 2 aromatic heterocycles. The Morgan fingerprint density at radius 1 is 1.14 bits per heavy atom. The third-order valence-electron chi connectivity index (χ3n) is 4.95. The highest BCUT2D eigenvalue weighted by Gasteiger charge is 2.32. The number of hydrogen-bond acceptors (Lipinski definition) is 7. The van der Waals surface area contributed by atoms with Gasteiger partial charge in [0.25, 0.3) is 5.91 Å². The zero-order valence-electron chi connectivity index (χ0n) is 19.3. The third kappa shape index (κ3) is 6.40. The second-order valence-corrected chi connectivity index (χ2v) is 7.31. The fraction of sp³-hybridized carbons (Fsp3) is 0.208. The van der Waals surface area contributed by atoms with Crippen LogP contribution in [0.1, 0.15) is 35.3 Å². The minimum atomic E-state index is -4.59. The summed E-state index contributed by atoms with van der Waals surface area (Å²) >= 11 is 0. The van der Waals surface area contributed by atoms with E-state index in [1.807, 2.05) is 6.92 Å². The molecule has 0 aliphatic heterocycles. The van der Waals surface area contributed by atoms with Crippen molar-refractivity contribution < 1.29 is 22.7 Å². The molecule has 2 heterocycles. The fourth-order valence-corrected chi connectivity index (χ4v) is 2.97. The summed E-state index contributed by atoms with van der Waals surface area (Å²) in [6.45, 7) is 6.52. The standard InChI is InChI=1S/C24H23F3N6O2/c1-5-16-11-28-9-8-18(16)23(34)33-22-13-29-21(12-30-22)32-19-7-6-17(14(2)35-4)10-20(19)31-15(3)24(25,26)27/h6-13H,2,5H2,1,3-4H3,(H,29,32)(H,30,33,34). The number of pyridine rings is 1. The number of nitrogens with one attached hydrogen (secondary N) is 2. The van der Waals surface area contributed by atoms with E-state index < -0.39 is 11.9 Å². The van der Waals surface area contributed by atoms with Gasteiger partial charge in [0.05, 0.1) is 30.9 Å². The number of benzene rings is 1. The molecule has 0 aliphatic rings. The van der Waals surface area contributed by atoms with Gasteiger partial charge in [0.1, 0.15) is 17.3 Å². The number of aromatic nitrogens is 3. The lowest BCUT2D eigenvalue weighted by atomic mass is 10.1. The van der Waals surface area contributed by atoms with Crippen LogP contribution >= 0.6 is 0 Å². The molecule has 35 heavy (non-hydrogen) atoms. The number of hydrogen-bond donors (Lipinski definition) is 2. The Labute approximate surface area is 200 Å². The van der Waals surface area contributed by atoms with Crippen LogP contribution in [0.4, 0.5) is 36.2 Å². The first-order valence-electron chi connectivity index (χ1n) is 10.5. The van der Waals surface area contributed by atoms with E-state index in [9.17, 15) is 18.0 Å². The average Bonchev–Trinajstić information content (AvgIpc) is 2.85. The summed E-state index contributed by atoms with van der Waals surface area (Å²) < 4.78 is 44.3. The molecule has 0 unspecified atom stereocenters. The van der Waals surface area contributed by atoms with E-state index in [2.05, 4.69) is 37.2 Å². The van der Waals surface area contributed by atoms with Crippen LogP contribution in [0.15, 0.2) is 60.6 Å². The fourth-order valence-electron chi connectivity index (χ4n) is 2.97. The van der Waals surface area contributed by atoms with Crippen molar-refractivity contribution in [1.82, 2.24) is 15.0 Å². The van der Waals surface area contributed by atoms with Crippen molar-refractivity contribution in [3.8, 4) is 0 Å². The summed E-state index contributed by atoms with van der Waals surface area (Å²) in [4.78, 5) is 28.7. The number of anilines is 3. The lowest BCUT2D eigenvalue weighted by molar-refractivity contribution is -0.0591. The van der Waals surface area contributed by atoms with Crippen LogP contribution in [-0.2, 0) is 11.2 Å². The normalized spacial score (nSPS) is 11.7. The van der Waals surface area contributed by atoms with Gasteiger partial charge >= 0.3 is 6.18 Å². The Morgan fingerprint density at radius 3 is 2.49 bits per heavy atom. The molecule has 0 radical (unpaired) electrons. The first-order chi connectivity index (χ1) is 16.6. The third-order valence-corrected chi connectivity index (χ3v) is 4.95. The number of methoxy groups -OCH3 is 1. The predicted molar refractivity (Wildman–Crippen MR) is 128 cm³/mol. The first-order valence-corrected chi connectivity index (χ1v) is 10.5. The van der Waals surface area contributed by atoms with Gasteiger partial charge in [-0.15, -0.1) is 0 Å². The second kappa shape index (κ2) is 10.8. The van der Waals surface area contributed by atoms with Crippen LogP contribution in [-0.4, -0.2) is 39.9 Å². The van der Waals surface area contributed by atoms with Gasteiger partial charge in [-0.1, -0.05) is 13.5 Å². The number of amides is 1. The van der Waals surface area contributed by atoms with E-state index in [1.165, 1.54) is 37.8 Å². The van der Waals surface area contributed by atoms with Crippen LogP contribution in [0.3, 0.4) is 0 Å². The van der Waals surface area contributed by atoms with Crippen molar-refractivity contribution in [3.63, 3.8) is 0 Å². The highest BCUT2D eigenvalue weighted by molar-refractivity contribution is 6.04. The molecule has 0 aliphatic carbocycles. The molecule has 8 nitrogen and oxygen atoms in total. The summed E-state index contributed by atoms with van der Waals surface area (Å²) in [5.41, 5.74) is 0.993. The lowest BCUT2D eigenvalue weighted by Gasteiger charge is -2.13. The van der Waals surface area contributed by atoms with E-state index in [1.54, 1.807) is 18.3 Å². The summed E-state index contributed by atoms with van der Waals surface area (Å²) in [5.74, 6) is 0.364. The molecule has 11 heteroatoms. The van der Waals surface area contributed by atoms with Crippen molar-refractivity contribution >= 4 is 40.4 Å². The van der Waals surface area contributed by atoms with Gasteiger partial charge in [-0.2, -0.15) is 13.2 Å². The number of rotatable bonds is 8. The van der Waals surface area contributed by atoms with Gasteiger partial charge in [0.2, 0.25) is 0 Å². The first kappa shape index (κ1) is 25.3. The van der Waals surface area contributed by atoms with Crippen molar-refractivity contribution in [1.29, 1.82) is 0 Å². The molecular formula is C24H23F3N6O2. The molecule has 1 amide bonds. The monoisotopic (exact) mass is 484 g/mol. The van der Waals surface area contributed by atoms with Crippen LogP contribution in [0, 0.1) is 0 Å². The van der Waals surface area contributed by atoms with E-state index in [0.717, 1.165) is 12.5 Å². The van der Waals surface area contributed by atoms with Gasteiger partial charge in [0, 0.05) is 23.5 Å². The van der Waals surface area contributed by atoms with Crippen molar-refractivity contribution in [2.45, 2.75) is 26.4 Å². The number of aliphatic imine (C=N–C) groups is 1. The number of carbonyl (C=O) groups is 1. The average molecular weight is 484 g/mol. The molecule has 0 saturated heterocycles. The number of alkyl halides is 3. The molecule has 0 atom stereocenters. The van der Waals surface area contributed by atoms with E-state index in [4.69, 9.17) is 4.74 Å². The molecule has 0 fully saturated rings. The Balaban J connectivity index is 1.83. The Bertz CT molecular complexity index is 1260. The topological polar surface area (TPSA) is 101 Å². The van der Waals surface area contributed by atoms with Gasteiger partial charge < -0.3 is 15.4 Å². The Kier molecular flexibility index (Phi) is 7.80. The highest BCUT2D eigenvalue weighted by Crippen LogP contribution is 2.33. The van der Waals surface area contributed by atoms with Crippen molar-refractivity contribution in [2.24, 2.45) is 4.99 Å². The smallest absolute Gasteiger partial charge is 0.429 e. The van der Waals surface area contributed by atoms with Gasteiger partial charge in [-0.05, 0) is 43.2 Å². The highest BCUT2D eigenvalue weighted by atomic mass is 19.4. The number of aryl methyl sites for hydroxylation is 1. The SMILES string of the molecule is C=C(OC)c1ccc(Nc2cnc(NC(=O)c3ccncc3CC)cn2)c(N=C(C)C(F)(F)F)c1. The molecular weight excluding hydrogens is 461 g/mol. The molecule has 2 N–H and O–H groups in total. The number of nitrogens with zero attached hydrogens (tertiary/aromatic N) is 4. The molecule has 182 valence electrons. The van der Waals surface area contributed by atoms with E-state index in [-0.39, 0.29) is 34.7 Å². The van der Waals surface area contributed by atoms with E-state index >= 15 is 0 Å². The zero-order chi connectivity index (χ0) is 25.6. The molecule has 1 aromatic carbocycles. The minimum absolute atomic E-state index is 0.0134. The summed E-state index contributed by atoms with van der Waals surface area (Å²) in [6, 6.07) is 6.20. The lowest BCUT2D eigenvalue weighted by Crippen LogP contribution is -2.19. The second-order valence-electron chi connectivity index (χ2n) is 7.31. The maximum atomic E-state index is 13.1. The molecule has 3 aromatic rings. The quantitative estimate of drug-likeness (QED) is 0.314. The van der Waals surface area contributed by atoms with Crippen LogP contribution in [0.2, 0.25) is 0 Å². The Morgan fingerprint density at radius 2 is 1.86 bits per heavy atom. The molecule has 0 bridgehead atoms. The van der Waals surface area contributed by atoms with Crippen LogP contribution in [0.25, 0.3) is 5.76 Å². The summed E-state index contributed by atoms with van der Waals surface area (Å²) in [5, 5.41) is 5.57. The summed E-state index contributed by atoms with van der Waals surface area (Å²) in [7, 11) is 1.41. The predicted octanol–water partition coefficient (Wildman–Crippen LogP) is 5.70. The Hall–Kier alpha value is -4.28. The maximum absolute atomic E-state index is 13.1.